The Morgan fingerprint density at radius 3 is 2.72 bits per heavy atom. The van der Waals surface area contributed by atoms with E-state index in [0.29, 0.717) is 0 Å². The molecule has 1 aromatic heterocycles. The lowest BCUT2D eigenvalue weighted by Gasteiger charge is -2.18. The molecule has 96 valence electrons. The van der Waals surface area contributed by atoms with Crippen LogP contribution in [0.3, 0.4) is 0 Å². The Balaban J connectivity index is 2.22. The van der Waals surface area contributed by atoms with Gasteiger partial charge in [0.2, 0.25) is 0 Å². The van der Waals surface area contributed by atoms with Gasteiger partial charge in [-0.3, -0.25) is 16.0 Å². The number of benzene rings is 1. The number of aromatic nitrogens is 2. The van der Waals surface area contributed by atoms with Crippen molar-refractivity contribution in [2.75, 3.05) is 0 Å². The molecule has 0 spiro atoms. The van der Waals surface area contributed by atoms with Gasteiger partial charge in [-0.1, -0.05) is 31.2 Å². The van der Waals surface area contributed by atoms with Crippen LogP contribution in [-0.2, 0) is 19.9 Å². The van der Waals surface area contributed by atoms with Crippen molar-refractivity contribution >= 4 is 0 Å². The van der Waals surface area contributed by atoms with E-state index in [1.807, 2.05) is 24.0 Å². The topological polar surface area (TPSA) is 55.9 Å². The predicted octanol–water partition coefficient (Wildman–Crippen LogP) is 1.73. The van der Waals surface area contributed by atoms with E-state index in [1.54, 1.807) is 0 Å². The summed E-state index contributed by atoms with van der Waals surface area (Å²) in [6, 6.07) is 10.5. The van der Waals surface area contributed by atoms with Gasteiger partial charge in [-0.05, 0) is 23.6 Å². The van der Waals surface area contributed by atoms with Crippen LogP contribution in [0.5, 0.6) is 0 Å². The van der Waals surface area contributed by atoms with Crippen molar-refractivity contribution in [3.63, 3.8) is 0 Å². The number of hydrogen-bond acceptors (Lipinski definition) is 3. The second-order valence-corrected chi connectivity index (χ2v) is 4.46. The molecule has 0 radical (unpaired) electrons. The van der Waals surface area contributed by atoms with Crippen LogP contribution in [0.2, 0.25) is 0 Å². The first-order valence-electron chi connectivity index (χ1n) is 6.27. The molecule has 0 saturated heterocycles. The highest BCUT2D eigenvalue weighted by molar-refractivity contribution is 5.30. The van der Waals surface area contributed by atoms with E-state index < -0.39 is 0 Å². The molecule has 4 heteroatoms. The molecule has 0 bridgehead atoms. The molecule has 1 unspecified atom stereocenters. The molecule has 1 aromatic carbocycles. The standard InChI is InChI=1S/C14H20N4/c1-3-11-6-4-5-7-13(11)14(16-15)10-12-8-9-18(2)17-12/h4-9,14,16H,3,10,15H2,1-2H3. The van der Waals surface area contributed by atoms with Gasteiger partial charge in [0.15, 0.2) is 0 Å². The van der Waals surface area contributed by atoms with Crippen molar-refractivity contribution in [2.24, 2.45) is 12.9 Å². The quantitative estimate of drug-likeness (QED) is 0.622. The lowest BCUT2D eigenvalue weighted by Crippen LogP contribution is -2.30. The van der Waals surface area contributed by atoms with Gasteiger partial charge < -0.3 is 0 Å². The monoisotopic (exact) mass is 244 g/mol. The van der Waals surface area contributed by atoms with Crippen LogP contribution in [0.15, 0.2) is 36.5 Å². The highest BCUT2D eigenvalue weighted by Gasteiger charge is 2.14. The molecule has 18 heavy (non-hydrogen) atoms. The summed E-state index contributed by atoms with van der Waals surface area (Å²) < 4.78 is 1.81. The summed E-state index contributed by atoms with van der Waals surface area (Å²) in [6.45, 7) is 2.16. The van der Waals surface area contributed by atoms with E-state index in [9.17, 15) is 0 Å². The highest BCUT2D eigenvalue weighted by Crippen LogP contribution is 2.21. The molecular weight excluding hydrogens is 224 g/mol. The first-order valence-corrected chi connectivity index (χ1v) is 6.27. The maximum atomic E-state index is 5.70. The van der Waals surface area contributed by atoms with Crippen molar-refractivity contribution in [3.05, 3.63) is 53.3 Å². The number of nitrogens with zero attached hydrogens (tertiary/aromatic N) is 2. The normalized spacial score (nSPS) is 12.6. The molecular formula is C14H20N4. The maximum absolute atomic E-state index is 5.70. The van der Waals surface area contributed by atoms with Gasteiger partial charge in [0, 0.05) is 19.7 Å². The first kappa shape index (κ1) is 12.8. The van der Waals surface area contributed by atoms with Crippen molar-refractivity contribution in [1.29, 1.82) is 0 Å². The number of nitrogens with one attached hydrogen (secondary N) is 1. The summed E-state index contributed by atoms with van der Waals surface area (Å²) in [5.74, 6) is 5.70. The Kier molecular flexibility index (Phi) is 4.12. The zero-order valence-corrected chi connectivity index (χ0v) is 10.9. The Hall–Kier alpha value is -1.65. The summed E-state index contributed by atoms with van der Waals surface area (Å²) in [7, 11) is 1.92. The number of nitrogens with two attached hydrogens (primary N) is 1. The fraction of sp³-hybridized carbons (Fsp3) is 0.357. The van der Waals surface area contributed by atoms with Crippen LogP contribution in [-0.4, -0.2) is 9.78 Å². The second kappa shape index (κ2) is 5.80. The molecule has 1 atom stereocenters. The molecule has 0 aliphatic carbocycles. The van der Waals surface area contributed by atoms with E-state index in [1.165, 1.54) is 11.1 Å². The second-order valence-electron chi connectivity index (χ2n) is 4.46. The van der Waals surface area contributed by atoms with Crippen LogP contribution < -0.4 is 11.3 Å². The molecule has 2 aromatic rings. The predicted molar refractivity (Wildman–Crippen MR) is 72.8 cm³/mol. The van der Waals surface area contributed by atoms with Gasteiger partial charge >= 0.3 is 0 Å². The van der Waals surface area contributed by atoms with Crippen LogP contribution in [0.25, 0.3) is 0 Å². The molecule has 0 amide bonds. The minimum atomic E-state index is 0.107. The number of aryl methyl sites for hydroxylation is 2. The summed E-state index contributed by atoms with van der Waals surface area (Å²) in [4.78, 5) is 0. The highest BCUT2D eigenvalue weighted by atomic mass is 15.3. The minimum Gasteiger partial charge on any atom is -0.276 e. The Morgan fingerprint density at radius 2 is 2.11 bits per heavy atom. The average molecular weight is 244 g/mol. The van der Waals surface area contributed by atoms with Gasteiger partial charge in [0.25, 0.3) is 0 Å². The van der Waals surface area contributed by atoms with E-state index in [4.69, 9.17) is 5.84 Å². The summed E-state index contributed by atoms with van der Waals surface area (Å²) in [5, 5.41) is 4.40. The van der Waals surface area contributed by atoms with E-state index in [2.05, 4.69) is 41.7 Å². The zero-order valence-electron chi connectivity index (χ0n) is 10.9. The Bertz CT molecular complexity index is 504. The molecule has 2 rings (SSSR count). The van der Waals surface area contributed by atoms with Crippen LogP contribution in [0, 0.1) is 0 Å². The van der Waals surface area contributed by atoms with Gasteiger partial charge in [0.05, 0.1) is 11.7 Å². The SMILES string of the molecule is CCc1ccccc1C(Cc1ccn(C)n1)NN. The molecule has 0 aliphatic heterocycles. The van der Waals surface area contributed by atoms with E-state index in [0.717, 1.165) is 18.5 Å². The lowest BCUT2D eigenvalue weighted by atomic mass is 9.96. The number of rotatable bonds is 5. The van der Waals surface area contributed by atoms with E-state index >= 15 is 0 Å². The summed E-state index contributed by atoms with van der Waals surface area (Å²) in [5.41, 5.74) is 6.54. The largest absolute Gasteiger partial charge is 0.276 e. The third kappa shape index (κ3) is 2.78. The average Bonchev–Trinajstić information content (AvgIpc) is 2.81. The lowest BCUT2D eigenvalue weighted by molar-refractivity contribution is 0.537. The van der Waals surface area contributed by atoms with Gasteiger partial charge in [-0.2, -0.15) is 5.10 Å². The minimum absolute atomic E-state index is 0.107. The van der Waals surface area contributed by atoms with Gasteiger partial charge in [-0.15, -0.1) is 0 Å². The molecule has 0 aliphatic rings. The summed E-state index contributed by atoms with van der Waals surface area (Å²) >= 11 is 0. The van der Waals surface area contributed by atoms with Gasteiger partial charge in [0.1, 0.15) is 0 Å². The van der Waals surface area contributed by atoms with Crippen LogP contribution in [0.1, 0.15) is 29.8 Å². The van der Waals surface area contributed by atoms with Crippen molar-refractivity contribution in [2.45, 2.75) is 25.8 Å². The molecule has 0 fully saturated rings. The maximum Gasteiger partial charge on any atom is 0.0643 e. The van der Waals surface area contributed by atoms with Crippen LogP contribution in [0.4, 0.5) is 0 Å². The van der Waals surface area contributed by atoms with Gasteiger partial charge in [-0.25, -0.2) is 0 Å². The molecule has 1 heterocycles. The molecule has 4 nitrogen and oxygen atoms in total. The fourth-order valence-electron chi connectivity index (χ4n) is 2.24. The van der Waals surface area contributed by atoms with Crippen molar-refractivity contribution < 1.29 is 0 Å². The number of hydrazine groups is 1. The zero-order chi connectivity index (χ0) is 13.0. The Labute approximate surface area is 108 Å². The van der Waals surface area contributed by atoms with Crippen molar-refractivity contribution in [3.8, 4) is 0 Å². The summed E-state index contributed by atoms with van der Waals surface area (Å²) in [6.07, 6.45) is 3.76. The molecule has 3 N–H and O–H groups in total. The van der Waals surface area contributed by atoms with Crippen molar-refractivity contribution in [1.82, 2.24) is 15.2 Å². The third-order valence-electron chi connectivity index (χ3n) is 3.19. The fourth-order valence-corrected chi connectivity index (χ4v) is 2.24. The Morgan fingerprint density at radius 1 is 1.33 bits per heavy atom. The smallest absolute Gasteiger partial charge is 0.0643 e. The number of hydrogen-bond donors (Lipinski definition) is 2. The van der Waals surface area contributed by atoms with E-state index in [-0.39, 0.29) is 6.04 Å². The first-order chi connectivity index (χ1) is 8.74. The van der Waals surface area contributed by atoms with Crippen LogP contribution >= 0.6 is 0 Å². The molecule has 0 saturated carbocycles. The third-order valence-corrected chi connectivity index (χ3v) is 3.19.